The number of ether oxygens (including phenoxy) is 1. The number of aliphatic imine (C=N–C) groups is 1. The summed E-state index contributed by atoms with van der Waals surface area (Å²) in [5.41, 5.74) is 1.64. The molecule has 4 nitrogen and oxygen atoms in total. The standard InChI is InChI=1S/C21H20BrClN2O2S/c1-4-13(2)27-18-10-5-14(11-17(18)23)12-19-20(26)25(3)21(28-19)24-16-8-6-15(22)7-9-16/h5-13H,4H2,1-3H3/b19-12-,24-21?/t13-/m0/s1. The highest BCUT2D eigenvalue weighted by Gasteiger charge is 2.30. The third-order valence-corrected chi connectivity index (χ3v) is 6.10. The van der Waals surface area contributed by atoms with Crippen molar-refractivity contribution < 1.29 is 9.53 Å². The highest BCUT2D eigenvalue weighted by molar-refractivity contribution is 9.10. The molecule has 0 bridgehead atoms. The maximum absolute atomic E-state index is 12.6. The zero-order valence-electron chi connectivity index (χ0n) is 15.8. The molecule has 1 atom stereocenters. The van der Waals surface area contributed by atoms with Crippen LogP contribution in [0.25, 0.3) is 6.08 Å². The molecule has 1 saturated heterocycles. The summed E-state index contributed by atoms with van der Waals surface area (Å²) in [6, 6.07) is 13.2. The van der Waals surface area contributed by atoms with E-state index in [9.17, 15) is 4.79 Å². The van der Waals surface area contributed by atoms with Crippen LogP contribution in [-0.4, -0.2) is 29.1 Å². The van der Waals surface area contributed by atoms with Crippen molar-refractivity contribution in [2.75, 3.05) is 7.05 Å². The predicted octanol–water partition coefficient (Wildman–Crippen LogP) is 6.51. The van der Waals surface area contributed by atoms with Crippen LogP contribution in [0, 0.1) is 0 Å². The molecule has 7 heteroatoms. The predicted molar refractivity (Wildman–Crippen MR) is 121 cm³/mol. The normalized spacial score (nSPS) is 18.2. The van der Waals surface area contributed by atoms with Crippen LogP contribution in [0.1, 0.15) is 25.8 Å². The second-order valence-corrected chi connectivity index (χ2v) is 8.70. The number of nitrogens with zero attached hydrogens (tertiary/aromatic N) is 2. The van der Waals surface area contributed by atoms with Gasteiger partial charge in [0.15, 0.2) is 5.17 Å². The van der Waals surface area contributed by atoms with Crippen LogP contribution in [0.2, 0.25) is 5.02 Å². The quantitative estimate of drug-likeness (QED) is 0.459. The summed E-state index contributed by atoms with van der Waals surface area (Å²) in [4.78, 5) is 19.3. The molecule has 0 radical (unpaired) electrons. The zero-order valence-corrected chi connectivity index (χ0v) is 18.9. The van der Waals surface area contributed by atoms with Gasteiger partial charge in [0.25, 0.3) is 5.91 Å². The minimum atomic E-state index is -0.0862. The second-order valence-electron chi connectivity index (χ2n) is 6.37. The zero-order chi connectivity index (χ0) is 20.3. The number of amides is 1. The largest absolute Gasteiger partial charge is 0.489 e. The van der Waals surface area contributed by atoms with Crippen molar-refractivity contribution in [2.24, 2.45) is 4.99 Å². The molecule has 0 aliphatic carbocycles. The number of hydrogen-bond acceptors (Lipinski definition) is 4. The molecule has 1 amide bonds. The number of halogens is 2. The van der Waals surface area contributed by atoms with Gasteiger partial charge in [0.1, 0.15) is 5.75 Å². The third kappa shape index (κ3) is 4.99. The average molecular weight is 480 g/mol. The molecule has 2 aromatic rings. The lowest BCUT2D eigenvalue weighted by atomic mass is 10.2. The van der Waals surface area contributed by atoms with E-state index in [0.29, 0.717) is 20.8 Å². The van der Waals surface area contributed by atoms with E-state index in [2.05, 4.69) is 27.8 Å². The third-order valence-electron chi connectivity index (χ3n) is 4.21. The fourth-order valence-electron chi connectivity index (χ4n) is 2.43. The van der Waals surface area contributed by atoms with Crippen molar-refractivity contribution in [3.05, 3.63) is 62.4 Å². The fraction of sp³-hybridized carbons (Fsp3) is 0.238. The number of carbonyl (C=O) groups is 1. The number of rotatable bonds is 5. The number of hydrogen-bond donors (Lipinski definition) is 0. The number of carbonyl (C=O) groups excluding carboxylic acids is 1. The van der Waals surface area contributed by atoms with Gasteiger partial charge in [-0.25, -0.2) is 4.99 Å². The van der Waals surface area contributed by atoms with Gasteiger partial charge >= 0.3 is 0 Å². The van der Waals surface area contributed by atoms with Crippen molar-refractivity contribution >= 4 is 62.1 Å². The maximum atomic E-state index is 12.6. The smallest absolute Gasteiger partial charge is 0.266 e. The Morgan fingerprint density at radius 1 is 1.29 bits per heavy atom. The number of thioether (sulfide) groups is 1. The van der Waals surface area contributed by atoms with Gasteiger partial charge in [-0.05, 0) is 73.1 Å². The molecule has 0 N–H and O–H groups in total. The van der Waals surface area contributed by atoms with Crippen LogP contribution in [0.3, 0.4) is 0 Å². The SMILES string of the molecule is CC[C@H](C)Oc1ccc(/C=C2\SC(=Nc3ccc(Br)cc3)N(C)C2=O)cc1Cl. The average Bonchev–Trinajstić information content (AvgIpc) is 2.93. The van der Waals surface area contributed by atoms with Crippen molar-refractivity contribution in [3.63, 3.8) is 0 Å². The molecule has 1 aliphatic heterocycles. The Morgan fingerprint density at radius 2 is 2.00 bits per heavy atom. The number of likely N-dealkylation sites (N-methyl/N-ethyl adjacent to an activating group) is 1. The summed E-state index contributed by atoms with van der Waals surface area (Å²) in [7, 11) is 1.73. The summed E-state index contributed by atoms with van der Waals surface area (Å²) in [5.74, 6) is 0.565. The van der Waals surface area contributed by atoms with E-state index in [4.69, 9.17) is 16.3 Å². The first kappa shape index (κ1) is 21.0. The van der Waals surface area contributed by atoms with E-state index in [1.807, 2.05) is 55.5 Å². The lowest BCUT2D eigenvalue weighted by molar-refractivity contribution is -0.121. The van der Waals surface area contributed by atoms with E-state index in [1.165, 1.54) is 11.8 Å². The fourth-order valence-corrected chi connectivity index (χ4v) is 3.92. The lowest BCUT2D eigenvalue weighted by Crippen LogP contribution is -2.23. The molecule has 146 valence electrons. The topological polar surface area (TPSA) is 41.9 Å². The molecule has 28 heavy (non-hydrogen) atoms. The Labute approximate surface area is 182 Å². The van der Waals surface area contributed by atoms with Crippen LogP contribution >= 0.6 is 39.3 Å². The molecule has 1 aliphatic rings. The number of amidine groups is 1. The first-order valence-corrected chi connectivity index (χ1v) is 10.8. The van der Waals surface area contributed by atoms with E-state index in [1.54, 1.807) is 11.9 Å². The van der Waals surface area contributed by atoms with Crippen LogP contribution in [0.5, 0.6) is 5.75 Å². The summed E-state index contributed by atoms with van der Waals surface area (Å²) in [6.07, 6.45) is 2.83. The van der Waals surface area contributed by atoms with Gasteiger partial charge in [-0.3, -0.25) is 9.69 Å². The molecule has 0 saturated carbocycles. The van der Waals surface area contributed by atoms with Crippen molar-refractivity contribution in [1.29, 1.82) is 0 Å². The first-order chi connectivity index (χ1) is 13.4. The van der Waals surface area contributed by atoms with Crippen molar-refractivity contribution in [1.82, 2.24) is 4.90 Å². The highest BCUT2D eigenvalue weighted by Crippen LogP contribution is 2.34. The monoisotopic (exact) mass is 478 g/mol. The number of benzene rings is 2. The summed E-state index contributed by atoms with van der Waals surface area (Å²) in [5, 5.41) is 1.17. The molecule has 0 spiro atoms. The van der Waals surface area contributed by atoms with Gasteiger partial charge in [-0.15, -0.1) is 0 Å². The van der Waals surface area contributed by atoms with Crippen LogP contribution in [0.15, 0.2) is 56.8 Å². The van der Waals surface area contributed by atoms with Gasteiger partial charge in [0.05, 0.1) is 21.7 Å². The van der Waals surface area contributed by atoms with Gasteiger partial charge in [0, 0.05) is 11.5 Å². The van der Waals surface area contributed by atoms with Crippen molar-refractivity contribution in [3.8, 4) is 5.75 Å². The van der Waals surface area contributed by atoms with Gasteiger partial charge in [0.2, 0.25) is 0 Å². The van der Waals surface area contributed by atoms with E-state index < -0.39 is 0 Å². The van der Waals surface area contributed by atoms with E-state index in [0.717, 1.165) is 22.1 Å². The van der Waals surface area contributed by atoms with Gasteiger partial charge in [-0.2, -0.15) is 0 Å². The molecule has 0 aromatic heterocycles. The Balaban J connectivity index is 1.81. The van der Waals surface area contributed by atoms with Crippen LogP contribution in [-0.2, 0) is 4.79 Å². The van der Waals surface area contributed by atoms with Gasteiger partial charge in [-0.1, -0.05) is 40.5 Å². The summed E-state index contributed by atoms with van der Waals surface area (Å²) >= 11 is 11.1. The van der Waals surface area contributed by atoms with E-state index >= 15 is 0 Å². The minimum absolute atomic E-state index is 0.0862. The van der Waals surface area contributed by atoms with Crippen LogP contribution in [0.4, 0.5) is 5.69 Å². The Hall–Kier alpha value is -1.76. The molecule has 1 fully saturated rings. The molecule has 1 heterocycles. The molecule has 2 aromatic carbocycles. The second kappa shape index (κ2) is 9.16. The Morgan fingerprint density at radius 3 is 2.64 bits per heavy atom. The van der Waals surface area contributed by atoms with Crippen molar-refractivity contribution in [2.45, 2.75) is 26.4 Å². The van der Waals surface area contributed by atoms with E-state index in [-0.39, 0.29) is 12.0 Å². The van der Waals surface area contributed by atoms with Gasteiger partial charge < -0.3 is 4.74 Å². The molecule has 3 rings (SSSR count). The first-order valence-electron chi connectivity index (χ1n) is 8.85. The Bertz CT molecular complexity index is 944. The molecule has 0 unspecified atom stereocenters. The summed E-state index contributed by atoms with van der Waals surface area (Å²) in [6.45, 7) is 4.06. The summed E-state index contributed by atoms with van der Waals surface area (Å²) < 4.78 is 6.78. The highest BCUT2D eigenvalue weighted by atomic mass is 79.9. The molecular formula is C21H20BrClN2O2S. The Kier molecular flexibility index (Phi) is 6.86. The lowest BCUT2D eigenvalue weighted by Gasteiger charge is -2.14. The minimum Gasteiger partial charge on any atom is -0.489 e. The molecular weight excluding hydrogens is 460 g/mol. The maximum Gasteiger partial charge on any atom is 0.266 e. The van der Waals surface area contributed by atoms with Crippen LogP contribution < -0.4 is 4.74 Å².